The summed E-state index contributed by atoms with van der Waals surface area (Å²) in [6, 6.07) is 10.3. The quantitative estimate of drug-likeness (QED) is 0.497. The van der Waals surface area contributed by atoms with Crippen molar-refractivity contribution in [3.8, 4) is 0 Å². The Bertz CT molecular complexity index is 294. The van der Waals surface area contributed by atoms with E-state index in [-0.39, 0.29) is 29.6 Å². The van der Waals surface area contributed by atoms with Crippen LogP contribution in [0.25, 0.3) is 0 Å². The van der Waals surface area contributed by atoms with Gasteiger partial charge in [0.15, 0.2) is 0 Å². The van der Waals surface area contributed by atoms with Crippen LogP contribution in [0, 0.1) is 6.92 Å². The fourth-order valence-corrected chi connectivity index (χ4v) is 1.18. The molecule has 2 atom stereocenters. The van der Waals surface area contributed by atoms with Crippen LogP contribution in [0.2, 0.25) is 0 Å². The zero-order chi connectivity index (χ0) is 11.0. The molecule has 8 heteroatoms. The second-order valence-electron chi connectivity index (χ2n) is 2.27. The molecule has 0 fully saturated rings. The van der Waals surface area contributed by atoms with E-state index in [9.17, 15) is 14.0 Å². The van der Waals surface area contributed by atoms with Crippen molar-refractivity contribution < 1.29 is 52.8 Å². The first-order valence-electron chi connectivity index (χ1n) is 3.65. The van der Waals surface area contributed by atoms with Gasteiger partial charge in [-0.1, -0.05) is 35.9 Å². The third-order valence-corrected chi connectivity index (χ3v) is 2.48. The van der Waals surface area contributed by atoms with Gasteiger partial charge >= 0.3 is 37.8 Å². The Labute approximate surface area is 112 Å². The maximum absolute atomic E-state index is 9.40. The maximum Gasteiger partial charge on any atom is 1.00 e. The summed E-state index contributed by atoms with van der Waals surface area (Å²) in [5.41, 5.74) is 1.32. The molecule has 0 aromatic heterocycles. The van der Waals surface area contributed by atoms with Gasteiger partial charge in [0.25, 0.3) is 0 Å². The van der Waals surface area contributed by atoms with E-state index < -0.39 is 16.5 Å². The van der Waals surface area contributed by atoms with E-state index in [2.05, 4.69) is 23.4 Å². The van der Waals surface area contributed by atoms with Gasteiger partial charge in [0, 0.05) is 0 Å². The molecule has 0 spiro atoms. The zero-order valence-corrected chi connectivity index (χ0v) is 12.5. The van der Waals surface area contributed by atoms with Crippen molar-refractivity contribution in [1.29, 1.82) is 0 Å². The first kappa shape index (κ1) is 17.9. The normalized spacial score (nSPS) is 12.7. The molecular weight excluding hydrogens is 249 g/mol. The molecule has 0 aliphatic heterocycles. The van der Waals surface area contributed by atoms with Crippen LogP contribution in [0.4, 0.5) is 0 Å². The minimum Gasteiger partial charge on any atom is -0.781 e. The Morgan fingerprint density at radius 2 is 1.73 bits per heavy atom. The van der Waals surface area contributed by atoms with Crippen molar-refractivity contribution in [3.63, 3.8) is 0 Å². The van der Waals surface area contributed by atoms with Gasteiger partial charge < -0.3 is 14.4 Å². The van der Waals surface area contributed by atoms with Crippen LogP contribution in [0.1, 0.15) is 5.56 Å². The van der Waals surface area contributed by atoms with Gasteiger partial charge in [-0.25, -0.2) is 0 Å². The third-order valence-electron chi connectivity index (χ3n) is 1.11. The van der Waals surface area contributed by atoms with Gasteiger partial charge in [-0.15, -0.1) is 0 Å². The van der Waals surface area contributed by atoms with Gasteiger partial charge in [0.05, 0.1) is 0 Å². The van der Waals surface area contributed by atoms with E-state index in [4.69, 9.17) is 4.89 Å². The molecule has 80 valence electrons. The molecule has 0 aliphatic rings. The Kier molecular flexibility index (Phi) is 13.2. The summed E-state index contributed by atoms with van der Waals surface area (Å²) in [5, 5.41) is 0. The predicted molar refractivity (Wildman–Crippen MR) is 52.5 cm³/mol. The fraction of sp³-hybridized carbons (Fsp3) is 0.143. The van der Waals surface area contributed by atoms with E-state index in [1.54, 1.807) is 0 Å². The summed E-state index contributed by atoms with van der Waals surface area (Å²) in [6.45, 7) is 2.08. The van der Waals surface area contributed by atoms with E-state index in [1.807, 2.05) is 18.2 Å². The Morgan fingerprint density at radius 1 is 1.27 bits per heavy atom. The maximum atomic E-state index is 9.40. The van der Waals surface area contributed by atoms with Crippen molar-refractivity contribution in [3.05, 3.63) is 35.9 Å². The summed E-state index contributed by atoms with van der Waals surface area (Å²) in [5.74, 6) is 0. The second-order valence-corrected chi connectivity index (χ2v) is 4.12. The van der Waals surface area contributed by atoms with Crippen LogP contribution in [-0.4, -0.2) is 4.89 Å². The molecule has 2 unspecified atom stereocenters. The fourth-order valence-electron chi connectivity index (χ4n) is 0.606. The summed E-state index contributed by atoms with van der Waals surface area (Å²) in [7, 11) is -6.72. The summed E-state index contributed by atoms with van der Waals surface area (Å²) >= 11 is 0. The largest absolute Gasteiger partial charge is 1.00 e. The van der Waals surface area contributed by atoms with Gasteiger partial charge in [0.1, 0.15) is 8.25 Å². The van der Waals surface area contributed by atoms with Crippen molar-refractivity contribution >= 4 is 16.5 Å². The number of hydrogen-bond donors (Lipinski definition) is 1. The monoisotopic (exact) mass is 260 g/mol. The smallest absolute Gasteiger partial charge is 0.781 e. The first-order valence-corrected chi connectivity index (χ1v) is 6.14. The SMILES string of the molecule is Cc1ccccc1.O=[PH]([O-])O[PH](=O)O.[Na+]. The molecule has 5 nitrogen and oxygen atoms in total. The van der Waals surface area contributed by atoms with Crippen LogP contribution < -0.4 is 34.5 Å². The predicted octanol–water partition coefficient (Wildman–Crippen LogP) is -1.87. The molecule has 0 amide bonds. The summed E-state index contributed by atoms with van der Waals surface area (Å²) in [4.78, 5) is 17.0. The molecule has 0 bridgehead atoms. The topological polar surface area (TPSA) is 86.7 Å². The molecule has 0 saturated heterocycles. The average molecular weight is 260 g/mol. The van der Waals surface area contributed by atoms with Gasteiger partial charge in [-0.3, -0.25) is 8.88 Å². The van der Waals surface area contributed by atoms with Crippen molar-refractivity contribution in [1.82, 2.24) is 0 Å². The standard InChI is InChI=1S/C7H8.Na.H4O5P2/c1-7-5-3-2-4-6-7;;1-6(2)5-7(3)4/h2-6H,1H3;;6-7H,(H,1,2)(H,3,4)/q;+1;/p-1. The van der Waals surface area contributed by atoms with E-state index >= 15 is 0 Å². The minimum absolute atomic E-state index is 0. The van der Waals surface area contributed by atoms with Crippen molar-refractivity contribution in [2.45, 2.75) is 6.92 Å². The van der Waals surface area contributed by atoms with Crippen molar-refractivity contribution in [2.24, 2.45) is 0 Å². The molecule has 1 N–H and O–H groups in total. The molecule has 1 aromatic rings. The Balaban J connectivity index is 0. The van der Waals surface area contributed by atoms with Crippen LogP contribution in [-0.2, 0) is 13.4 Å². The molecule has 0 radical (unpaired) electrons. The van der Waals surface area contributed by atoms with Gasteiger partial charge in [-0.05, 0) is 6.92 Å². The van der Waals surface area contributed by atoms with Crippen LogP contribution in [0.3, 0.4) is 0 Å². The van der Waals surface area contributed by atoms with Gasteiger partial charge in [0.2, 0.25) is 0 Å². The Morgan fingerprint density at radius 3 is 1.87 bits per heavy atom. The first-order chi connectivity index (χ1) is 6.52. The van der Waals surface area contributed by atoms with Crippen molar-refractivity contribution in [2.75, 3.05) is 0 Å². The molecular formula is C7H11NaO5P2. The summed E-state index contributed by atoms with van der Waals surface area (Å²) in [6.07, 6.45) is 0. The summed E-state index contributed by atoms with van der Waals surface area (Å²) < 4.78 is 22.1. The molecule has 1 rings (SSSR count). The number of aryl methyl sites for hydroxylation is 1. The average Bonchev–Trinajstić information content (AvgIpc) is 2.03. The molecule has 1 aromatic carbocycles. The zero-order valence-electron chi connectivity index (χ0n) is 8.47. The minimum atomic E-state index is -3.45. The van der Waals surface area contributed by atoms with Crippen LogP contribution in [0.5, 0.6) is 0 Å². The molecule has 0 aliphatic carbocycles. The second kappa shape index (κ2) is 11.1. The van der Waals surface area contributed by atoms with E-state index in [1.165, 1.54) is 5.56 Å². The molecule has 0 saturated carbocycles. The van der Waals surface area contributed by atoms with Gasteiger partial charge in [-0.2, -0.15) is 0 Å². The number of benzene rings is 1. The number of hydrogen-bond acceptors (Lipinski definition) is 4. The van der Waals surface area contributed by atoms with Crippen LogP contribution in [0.15, 0.2) is 30.3 Å². The molecule has 0 heterocycles. The Hall–Kier alpha value is 0.560. The van der Waals surface area contributed by atoms with Crippen LogP contribution >= 0.6 is 16.5 Å². The third kappa shape index (κ3) is 14.6. The van der Waals surface area contributed by atoms with E-state index in [0.29, 0.717) is 0 Å². The number of rotatable bonds is 2. The molecule has 15 heavy (non-hydrogen) atoms. The van der Waals surface area contributed by atoms with E-state index in [0.717, 1.165) is 0 Å².